The van der Waals surface area contributed by atoms with Crippen LogP contribution in [-0.4, -0.2) is 18.5 Å². The van der Waals surface area contributed by atoms with Gasteiger partial charge in [-0.1, -0.05) is 20.8 Å². The zero-order chi connectivity index (χ0) is 8.36. The van der Waals surface area contributed by atoms with E-state index >= 15 is 0 Å². The molecule has 0 bridgehead atoms. The molecule has 0 rings (SSSR count). The SMILES string of the molecule is C/N=C(\C(C)=N)C(C)(C)C. The summed E-state index contributed by atoms with van der Waals surface area (Å²) in [5.41, 5.74) is 1.46. The molecule has 0 amide bonds. The first-order valence-electron chi connectivity index (χ1n) is 3.42. The smallest absolute Gasteiger partial charge is 0.0602 e. The highest BCUT2D eigenvalue weighted by molar-refractivity contribution is 6.41. The first-order chi connectivity index (χ1) is 4.39. The number of aliphatic imine (C=N–C) groups is 1. The lowest BCUT2D eigenvalue weighted by molar-refractivity contribution is 0.596. The van der Waals surface area contributed by atoms with Crippen molar-refractivity contribution in [1.29, 1.82) is 5.41 Å². The van der Waals surface area contributed by atoms with E-state index in [0.717, 1.165) is 5.71 Å². The van der Waals surface area contributed by atoms with E-state index in [0.29, 0.717) is 5.71 Å². The maximum Gasteiger partial charge on any atom is 0.0602 e. The average Bonchev–Trinajstić information content (AvgIpc) is 1.60. The monoisotopic (exact) mass is 140 g/mol. The lowest BCUT2D eigenvalue weighted by atomic mass is 9.87. The van der Waals surface area contributed by atoms with Gasteiger partial charge in [-0.3, -0.25) is 4.99 Å². The van der Waals surface area contributed by atoms with Crippen molar-refractivity contribution >= 4 is 11.4 Å². The van der Waals surface area contributed by atoms with E-state index in [1.54, 1.807) is 14.0 Å². The van der Waals surface area contributed by atoms with Gasteiger partial charge in [0.25, 0.3) is 0 Å². The minimum Gasteiger partial charge on any atom is -0.304 e. The molecule has 0 atom stereocenters. The Morgan fingerprint density at radius 3 is 1.70 bits per heavy atom. The second-order valence-corrected chi connectivity index (χ2v) is 3.45. The summed E-state index contributed by atoms with van der Waals surface area (Å²) in [6.45, 7) is 7.96. The fourth-order valence-electron chi connectivity index (χ4n) is 1.07. The molecule has 0 saturated heterocycles. The molecular weight excluding hydrogens is 124 g/mol. The van der Waals surface area contributed by atoms with Crippen LogP contribution in [0.1, 0.15) is 27.7 Å². The Balaban J connectivity index is 4.56. The molecule has 0 aliphatic carbocycles. The maximum atomic E-state index is 7.38. The van der Waals surface area contributed by atoms with Gasteiger partial charge in [-0.2, -0.15) is 0 Å². The zero-order valence-electron chi connectivity index (χ0n) is 7.45. The summed E-state index contributed by atoms with van der Waals surface area (Å²) in [6.07, 6.45) is 0. The van der Waals surface area contributed by atoms with Gasteiger partial charge in [0.2, 0.25) is 0 Å². The van der Waals surface area contributed by atoms with Crippen LogP contribution in [0.3, 0.4) is 0 Å². The van der Waals surface area contributed by atoms with Crippen molar-refractivity contribution in [3.05, 3.63) is 0 Å². The predicted octanol–water partition coefficient (Wildman–Crippen LogP) is 2.14. The van der Waals surface area contributed by atoms with Gasteiger partial charge < -0.3 is 5.41 Å². The lowest BCUT2D eigenvalue weighted by Crippen LogP contribution is -2.26. The molecule has 0 unspecified atom stereocenters. The normalized spacial score (nSPS) is 13.5. The first-order valence-corrected chi connectivity index (χ1v) is 3.42. The van der Waals surface area contributed by atoms with Gasteiger partial charge in [0.1, 0.15) is 0 Å². The van der Waals surface area contributed by atoms with Crippen molar-refractivity contribution < 1.29 is 0 Å². The van der Waals surface area contributed by atoms with Crippen LogP contribution in [-0.2, 0) is 0 Å². The standard InChI is InChI=1S/C8H16N2/c1-6(9)7(10-5)8(2,3)4/h9H,1-5H3/b9-6?,10-7+. The van der Waals surface area contributed by atoms with Crippen molar-refractivity contribution in [2.45, 2.75) is 27.7 Å². The summed E-state index contributed by atoms with van der Waals surface area (Å²) >= 11 is 0. The van der Waals surface area contributed by atoms with Crippen molar-refractivity contribution in [2.75, 3.05) is 7.05 Å². The van der Waals surface area contributed by atoms with E-state index in [9.17, 15) is 0 Å². The van der Waals surface area contributed by atoms with Gasteiger partial charge in [0.15, 0.2) is 0 Å². The number of nitrogens with zero attached hydrogens (tertiary/aromatic N) is 1. The molecule has 10 heavy (non-hydrogen) atoms. The molecule has 0 aromatic heterocycles. The summed E-state index contributed by atoms with van der Waals surface area (Å²) in [7, 11) is 1.73. The van der Waals surface area contributed by atoms with Crippen LogP contribution in [0.5, 0.6) is 0 Å². The van der Waals surface area contributed by atoms with Crippen LogP contribution in [0.25, 0.3) is 0 Å². The van der Waals surface area contributed by atoms with E-state index in [-0.39, 0.29) is 5.41 Å². The molecule has 0 fully saturated rings. The summed E-state index contributed by atoms with van der Waals surface area (Å²) in [6, 6.07) is 0. The lowest BCUT2D eigenvalue weighted by Gasteiger charge is -2.19. The first kappa shape index (κ1) is 9.34. The van der Waals surface area contributed by atoms with Crippen LogP contribution < -0.4 is 0 Å². The third kappa shape index (κ3) is 2.29. The van der Waals surface area contributed by atoms with Crippen LogP contribution >= 0.6 is 0 Å². The van der Waals surface area contributed by atoms with Crippen LogP contribution in [0, 0.1) is 10.8 Å². The molecule has 0 radical (unpaired) electrons. The molecule has 0 aromatic carbocycles. The summed E-state index contributed by atoms with van der Waals surface area (Å²) in [4.78, 5) is 4.05. The molecule has 0 aliphatic heterocycles. The third-order valence-electron chi connectivity index (χ3n) is 1.29. The van der Waals surface area contributed by atoms with Gasteiger partial charge in [-0.25, -0.2) is 0 Å². The average molecular weight is 140 g/mol. The van der Waals surface area contributed by atoms with Crippen molar-refractivity contribution in [1.82, 2.24) is 0 Å². The number of hydrogen-bond donors (Lipinski definition) is 1. The van der Waals surface area contributed by atoms with E-state index in [2.05, 4.69) is 25.8 Å². The van der Waals surface area contributed by atoms with E-state index in [1.165, 1.54) is 0 Å². The molecule has 0 aliphatic rings. The molecule has 0 spiro atoms. The Kier molecular flexibility index (Phi) is 2.76. The van der Waals surface area contributed by atoms with Crippen LogP contribution in [0.2, 0.25) is 0 Å². The number of rotatable bonds is 1. The van der Waals surface area contributed by atoms with Gasteiger partial charge in [0.05, 0.1) is 5.71 Å². The molecule has 2 heteroatoms. The second kappa shape index (κ2) is 2.95. The fourth-order valence-corrected chi connectivity index (χ4v) is 1.07. The Morgan fingerprint density at radius 2 is 1.70 bits per heavy atom. The van der Waals surface area contributed by atoms with Crippen molar-refractivity contribution in [3.8, 4) is 0 Å². The highest BCUT2D eigenvalue weighted by atomic mass is 14.7. The summed E-state index contributed by atoms with van der Waals surface area (Å²) < 4.78 is 0. The quantitative estimate of drug-likeness (QED) is 0.542. The highest BCUT2D eigenvalue weighted by Crippen LogP contribution is 2.16. The van der Waals surface area contributed by atoms with Gasteiger partial charge in [0, 0.05) is 18.2 Å². The Hall–Kier alpha value is -0.660. The third-order valence-corrected chi connectivity index (χ3v) is 1.29. The van der Waals surface area contributed by atoms with Gasteiger partial charge in [-0.15, -0.1) is 0 Å². The Labute approximate surface area is 62.9 Å². The molecule has 0 heterocycles. The van der Waals surface area contributed by atoms with E-state index in [4.69, 9.17) is 5.41 Å². The van der Waals surface area contributed by atoms with E-state index in [1.807, 2.05) is 0 Å². The van der Waals surface area contributed by atoms with Crippen LogP contribution in [0.4, 0.5) is 0 Å². The Morgan fingerprint density at radius 1 is 1.30 bits per heavy atom. The summed E-state index contributed by atoms with van der Waals surface area (Å²) in [5.74, 6) is 0. The molecular formula is C8H16N2. The van der Waals surface area contributed by atoms with E-state index < -0.39 is 0 Å². The minimum absolute atomic E-state index is 0.0145. The molecule has 0 aromatic rings. The van der Waals surface area contributed by atoms with Crippen molar-refractivity contribution in [3.63, 3.8) is 0 Å². The predicted molar refractivity (Wildman–Crippen MR) is 46.2 cm³/mol. The topological polar surface area (TPSA) is 36.2 Å². The number of nitrogens with one attached hydrogen (secondary N) is 1. The van der Waals surface area contributed by atoms with Crippen molar-refractivity contribution in [2.24, 2.45) is 10.4 Å². The number of hydrogen-bond acceptors (Lipinski definition) is 2. The highest BCUT2D eigenvalue weighted by Gasteiger charge is 2.19. The zero-order valence-corrected chi connectivity index (χ0v) is 7.45. The van der Waals surface area contributed by atoms with Crippen LogP contribution in [0.15, 0.2) is 4.99 Å². The molecule has 0 saturated carbocycles. The molecule has 2 nitrogen and oxygen atoms in total. The van der Waals surface area contributed by atoms with Gasteiger partial charge in [-0.05, 0) is 6.92 Å². The fraction of sp³-hybridized carbons (Fsp3) is 0.750. The maximum absolute atomic E-state index is 7.38. The summed E-state index contributed by atoms with van der Waals surface area (Å²) in [5, 5.41) is 7.38. The minimum atomic E-state index is 0.0145. The second-order valence-electron chi connectivity index (χ2n) is 3.45. The molecule has 58 valence electrons. The molecule has 1 N–H and O–H groups in total. The van der Waals surface area contributed by atoms with Gasteiger partial charge >= 0.3 is 0 Å². The largest absolute Gasteiger partial charge is 0.304 e. The Bertz CT molecular complexity index is 161.